The van der Waals surface area contributed by atoms with E-state index in [-0.39, 0.29) is 4.90 Å². The molecule has 1 aromatic carbocycles. The van der Waals surface area contributed by atoms with Crippen LogP contribution in [-0.4, -0.2) is 29.0 Å². The van der Waals surface area contributed by atoms with Gasteiger partial charge in [-0.25, -0.2) is 12.8 Å². The lowest BCUT2D eigenvalue weighted by Crippen LogP contribution is -2.38. The summed E-state index contributed by atoms with van der Waals surface area (Å²) < 4.78 is 41.6. The van der Waals surface area contributed by atoms with Crippen LogP contribution >= 0.6 is 0 Å². The van der Waals surface area contributed by atoms with Crippen molar-refractivity contribution in [1.29, 1.82) is 0 Å². The van der Waals surface area contributed by atoms with Crippen molar-refractivity contribution in [2.24, 2.45) is 0 Å². The van der Waals surface area contributed by atoms with E-state index in [4.69, 9.17) is 0 Å². The zero-order chi connectivity index (χ0) is 14.3. The summed E-state index contributed by atoms with van der Waals surface area (Å²) in [6, 6.07) is 5.54. The number of sulfonamides is 1. The summed E-state index contributed by atoms with van der Waals surface area (Å²) in [6.07, 6.45) is 1.66. The van der Waals surface area contributed by atoms with Crippen LogP contribution in [0.3, 0.4) is 0 Å². The van der Waals surface area contributed by atoms with E-state index in [2.05, 4.69) is 5.10 Å². The van der Waals surface area contributed by atoms with Crippen LogP contribution in [0.15, 0.2) is 35.4 Å². The Kier molecular flexibility index (Phi) is 3.10. The standard InChI is InChI=1S/C13H14FN3O2S/c1-10-8-11(14)2-3-13(10)20(18,19)16-6-7-17-12(9-16)4-5-15-17/h2-5,8H,6-7,9H2,1H3. The molecule has 0 saturated heterocycles. The molecule has 2 aromatic rings. The van der Waals surface area contributed by atoms with Crippen LogP contribution in [0.5, 0.6) is 0 Å². The molecule has 5 nitrogen and oxygen atoms in total. The quantitative estimate of drug-likeness (QED) is 0.844. The SMILES string of the molecule is Cc1cc(F)ccc1S(=O)(=O)N1CCn2nccc2C1. The molecule has 0 radical (unpaired) electrons. The number of aromatic nitrogens is 2. The Hall–Kier alpha value is -1.73. The number of aryl methyl sites for hydroxylation is 1. The van der Waals surface area contributed by atoms with Gasteiger partial charge >= 0.3 is 0 Å². The third-order valence-corrected chi connectivity index (χ3v) is 5.46. The number of hydrogen-bond acceptors (Lipinski definition) is 3. The normalized spacial score (nSPS) is 16.1. The zero-order valence-corrected chi connectivity index (χ0v) is 11.8. The number of hydrogen-bond donors (Lipinski definition) is 0. The summed E-state index contributed by atoms with van der Waals surface area (Å²) >= 11 is 0. The molecule has 0 fully saturated rings. The second-order valence-corrected chi connectivity index (χ2v) is 6.70. The predicted octanol–water partition coefficient (Wildman–Crippen LogP) is 1.54. The van der Waals surface area contributed by atoms with Crippen molar-refractivity contribution >= 4 is 10.0 Å². The number of halogens is 1. The van der Waals surface area contributed by atoms with E-state index >= 15 is 0 Å². The lowest BCUT2D eigenvalue weighted by Gasteiger charge is -2.27. The highest BCUT2D eigenvalue weighted by molar-refractivity contribution is 7.89. The maximum absolute atomic E-state index is 13.1. The molecule has 20 heavy (non-hydrogen) atoms. The maximum atomic E-state index is 13.1. The van der Waals surface area contributed by atoms with Gasteiger partial charge in [0.25, 0.3) is 0 Å². The number of fused-ring (bicyclic) bond motifs is 1. The molecule has 1 aromatic heterocycles. The molecule has 1 aliphatic rings. The fourth-order valence-corrected chi connectivity index (χ4v) is 4.02. The van der Waals surface area contributed by atoms with E-state index in [1.54, 1.807) is 23.9 Å². The van der Waals surface area contributed by atoms with E-state index in [0.29, 0.717) is 25.2 Å². The first-order chi connectivity index (χ1) is 9.48. The van der Waals surface area contributed by atoms with Gasteiger partial charge in [0, 0.05) is 12.7 Å². The molecule has 0 saturated carbocycles. The molecule has 106 valence electrons. The largest absolute Gasteiger partial charge is 0.267 e. The van der Waals surface area contributed by atoms with Gasteiger partial charge in [-0.05, 0) is 36.8 Å². The minimum absolute atomic E-state index is 0.159. The molecule has 0 unspecified atom stereocenters. The molecule has 1 aliphatic heterocycles. The van der Waals surface area contributed by atoms with E-state index in [1.807, 2.05) is 0 Å². The summed E-state index contributed by atoms with van der Waals surface area (Å²) in [5.41, 5.74) is 1.28. The maximum Gasteiger partial charge on any atom is 0.243 e. The summed E-state index contributed by atoms with van der Waals surface area (Å²) in [7, 11) is -3.60. The highest BCUT2D eigenvalue weighted by atomic mass is 32.2. The molecule has 2 heterocycles. The second kappa shape index (κ2) is 4.68. The van der Waals surface area contributed by atoms with Gasteiger partial charge in [0.05, 0.1) is 23.7 Å². The minimum Gasteiger partial charge on any atom is -0.267 e. The summed E-state index contributed by atoms with van der Waals surface area (Å²) in [5, 5.41) is 4.12. The highest BCUT2D eigenvalue weighted by Gasteiger charge is 2.29. The minimum atomic E-state index is -3.60. The van der Waals surface area contributed by atoms with Crippen molar-refractivity contribution in [3.8, 4) is 0 Å². The Morgan fingerprint density at radius 3 is 2.80 bits per heavy atom. The Morgan fingerprint density at radius 1 is 1.25 bits per heavy atom. The van der Waals surface area contributed by atoms with Gasteiger partial charge in [0.2, 0.25) is 10.0 Å². The van der Waals surface area contributed by atoms with Crippen molar-refractivity contribution < 1.29 is 12.8 Å². The zero-order valence-electron chi connectivity index (χ0n) is 11.0. The third kappa shape index (κ3) is 2.12. The molecule has 0 bridgehead atoms. The van der Waals surface area contributed by atoms with Gasteiger partial charge in [-0.2, -0.15) is 9.40 Å². The average Bonchev–Trinajstić information content (AvgIpc) is 2.85. The van der Waals surface area contributed by atoms with Gasteiger partial charge in [-0.3, -0.25) is 4.68 Å². The summed E-state index contributed by atoms with van der Waals surface area (Å²) in [4.78, 5) is 0.159. The van der Waals surface area contributed by atoms with Crippen LogP contribution in [0.2, 0.25) is 0 Å². The Bertz CT molecular complexity index is 755. The number of nitrogens with zero attached hydrogens (tertiary/aromatic N) is 3. The summed E-state index contributed by atoms with van der Waals surface area (Å²) in [6.45, 7) is 2.79. The number of benzene rings is 1. The Labute approximate surface area is 116 Å². The van der Waals surface area contributed by atoms with E-state index in [9.17, 15) is 12.8 Å². The fourth-order valence-electron chi connectivity index (χ4n) is 2.41. The molecule has 0 atom stereocenters. The molecule has 3 rings (SSSR count). The molecular weight excluding hydrogens is 281 g/mol. The van der Waals surface area contributed by atoms with Gasteiger partial charge in [-0.15, -0.1) is 0 Å². The molecule has 0 amide bonds. The van der Waals surface area contributed by atoms with E-state index in [0.717, 1.165) is 5.69 Å². The van der Waals surface area contributed by atoms with Crippen LogP contribution < -0.4 is 0 Å². The van der Waals surface area contributed by atoms with Crippen LogP contribution in [0.1, 0.15) is 11.3 Å². The predicted molar refractivity (Wildman–Crippen MR) is 71.0 cm³/mol. The van der Waals surface area contributed by atoms with Crippen molar-refractivity contribution in [3.05, 3.63) is 47.5 Å². The third-order valence-electron chi connectivity index (χ3n) is 3.46. The molecule has 0 aliphatic carbocycles. The topological polar surface area (TPSA) is 55.2 Å². The molecule has 0 spiro atoms. The molecule has 0 N–H and O–H groups in total. The van der Waals surface area contributed by atoms with Crippen LogP contribution in [0.25, 0.3) is 0 Å². The average molecular weight is 295 g/mol. The first-order valence-corrected chi connectivity index (χ1v) is 7.69. The van der Waals surface area contributed by atoms with Crippen molar-refractivity contribution in [3.63, 3.8) is 0 Å². The second-order valence-electron chi connectivity index (χ2n) is 4.79. The van der Waals surface area contributed by atoms with Crippen molar-refractivity contribution in [2.75, 3.05) is 6.54 Å². The Morgan fingerprint density at radius 2 is 2.05 bits per heavy atom. The lowest BCUT2D eigenvalue weighted by molar-refractivity contribution is 0.326. The molecule has 7 heteroatoms. The lowest BCUT2D eigenvalue weighted by atomic mass is 10.2. The smallest absolute Gasteiger partial charge is 0.243 e. The van der Waals surface area contributed by atoms with Gasteiger partial charge in [0.1, 0.15) is 5.82 Å². The van der Waals surface area contributed by atoms with Crippen molar-refractivity contribution in [1.82, 2.24) is 14.1 Å². The van der Waals surface area contributed by atoms with E-state index in [1.165, 1.54) is 22.5 Å². The number of rotatable bonds is 2. The van der Waals surface area contributed by atoms with Gasteiger partial charge < -0.3 is 0 Å². The first kappa shape index (κ1) is 13.3. The Balaban J connectivity index is 1.97. The van der Waals surface area contributed by atoms with Crippen LogP contribution in [0.4, 0.5) is 4.39 Å². The van der Waals surface area contributed by atoms with E-state index < -0.39 is 15.8 Å². The first-order valence-electron chi connectivity index (χ1n) is 6.25. The van der Waals surface area contributed by atoms with Crippen molar-refractivity contribution in [2.45, 2.75) is 24.9 Å². The van der Waals surface area contributed by atoms with Crippen LogP contribution in [-0.2, 0) is 23.1 Å². The van der Waals surface area contributed by atoms with Gasteiger partial charge in [-0.1, -0.05) is 0 Å². The fraction of sp³-hybridized carbons (Fsp3) is 0.308. The van der Waals surface area contributed by atoms with Crippen LogP contribution in [0, 0.1) is 12.7 Å². The monoisotopic (exact) mass is 295 g/mol. The molecular formula is C13H14FN3O2S. The summed E-state index contributed by atoms with van der Waals surface area (Å²) in [5.74, 6) is -0.432. The van der Waals surface area contributed by atoms with Gasteiger partial charge in [0.15, 0.2) is 0 Å². The highest BCUT2D eigenvalue weighted by Crippen LogP contribution is 2.24.